The van der Waals surface area contributed by atoms with E-state index in [9.17, 15) is 9.59 Å². The van der Waals surface area contributed by atoms with Gasteiger partial charge in [-0.1, -0.05) is 13.3 Å². The summed E-state index contributed by atoms with van der Waals surface area (Å²) in [6.07, 6.45) is 2.27. The largest absolute Gasteiger partial charge is 0.444 e. The van der Waals surface area contributed by atoms with Gasteiger partial charge in [-0.15, -0.1) is 0 Å². The topological polar surface area (TPSA) is 76.5 Å². The zero-order chi connectivity index (χ0) is 17.9. The molecule has 1 aromatic heterocycles. The Morgan fingerprint density at radius 2 is 2.04 bits per heavy atom. The summed E-state index contributed by atoms with van der Waals surface area (Å²) >= 11 is 0. The van der Waals surface area contributed by atoms with Crippen molar-refractivity contribution in [3.8, 4) is 0 Å². The number of hydrogen-bond donors (Lipinski definition) is 1. The number of aryl methyl sites for hydroxylation is 1. The Balaban J connectivity index is 2.14. The quantitative estimate of drug-likeness (QED) is 0.856. The third-order valence-corrected chi connectivity index (χ3v) is 3.92. The fourth-order valence-corrected chi connectivity index (χ4v) is 2.72. The van der Waals surface area contributed by atoms with Gasteiger partial charge in [0.1, 0.15) is 5.60 Å². The minimum absolute atomic E-state index is 0.175. The second kappa shape index (κ2) is 7.23. The van der Waals surface area contributed by atoms with Crippen LogP contribution in [0.4, 0.5) is 4.79 Å². The van der Waals surface area contributed by atoms with Crippen molar-refractivity contribution >= 4 is 12.0 Å². The van der Waals surface area contributed by atoms with Crippen molar-refractivity contribution in [3.05, 3.63) is 17.0 Å². The molecule has 0 spiro atoms. The molecule has 24 heavy (non-hydrogen) atoms. The zero-order valence-corrected chi connectivity index (χ0v) is 15.3. The van der Waals surface area contributed by atoms with Gasteiger partial charge in [0.05, 0.1) is 6.54 Å². The predicted molar refractivity (Wildman–Crippen MR) is 90.8 cm³/mol. The van der Waals surface area contributed by atoms with Crippen LogP contribution < -0.4 is 5.32 Å². The van der Waals surface area contributed by atoms with E-state index < -0.39 is 5.60 Å². The van der Waals surface area contributed by atoms with Crippen LogP contribution in [0.3, 0.4) is 0 Å². The van der Waals surface area contributed by atoms with E-state index in [1.807, 2.05) is 27.8 Å². The van der Waals surface area contributed by atoms with Crippen molar-refractivity contribution in [1.29, 1.82) is 0 Å². The number of aromatic nitrogens is 2. The first-order valence-electron chi connectivity index (χ1n) is 8.53. The Bertz CT molecular complexity index is 616. The van der Waals surface area contributed by atoms with E-state index in [4.69, 9.17) is 4.74 Å². The Hall–Kier alpha value is -2.05. The fraction of sp³-hybridized carbons (Fsp3) is 0.706. The van der Waals surface area contributed by atoms with Crippen LogP contribution >= 0.6 is 0 Å². The summed E-state index contributed by atoms with van der Waals surface area (Å²) in [6, 6.07) is 0. The standard InChI is InChI=1S/C17H28N4O3/c1-6-7-9-18-15(22)14-12-11-21(16(23)24-17(2,3)4)10-8-13(12)20(5)19-14/h6-11H2,1-5H3,(H,18,22). The minimum atomic E-state index is -0.535. The molecule has 0 aliphatic carbocycles. The van der Waals surface area contributed by atoms with Crippen LogP contribution in [0.2, 0.25) is 0 Å². The Labute approximate surface area is 143 Å². The molecule has 2 rings (SSSR count). The van der Waals surface area contributed by atoms with E-state index in [1.165, 1.54) is 0 Å². The SMILES string of the molecule is CCCCNC(=O)c1nn(C)c2c1CN(C(=O)OC(C)(C)C)CC2. The highest BCUT2D eigenvalue weighted by Gasteiger charge is 2.31. The Kier molecular flexibility index (Phi) is 5.51. The number of hydrogen-bond acceptors (Lipinski definition) is 4. The molecule has 2 amide bonds. The zero-order valence-electron chi connectivity index (χ0n) is 15.3. The van der Waals surface area contributed by atoms with Crippen LogP contribution in [0, 0.1) is 0 Å². The van der Waals surface area contributed by atoms with Crippen molar-refractivity contribution in [2.75, 3.05) is 13.1 Å². The highest BCUT2D eigenvalue weighted by Crippen LogP contribution is 2.23. The van der Waals surface area contributed by atoms with E-state index in [0.29, 0.717) is 31.7 Å². The molecular weight excluding hydrogens is 308 g/mol. The maximum Gasteiger partial charge on any atom is 0.410 e. The molecule has 0 radical (unpaired) electrons. The lowest BCUT2D eigenvalue weighted by atomic mass is 10.0. The lowest BCUT2D eigenvalue weighted by Crippen LogP contribution is -2.40. The molecule has 2 heterocycles. The molecule has 1 aliphatic rings. The number of nitrogens with one attached hydrogen (secondary N) is 1. The highest BCUT2D eigenvalue weighted by atomic mass is 16.6. The molecule has 1 aliphatic heterocycles. The predicted octanol–water partition coefficient (Wildman–Crippen LogP) is 2.24. The van der Waals surface area contributed by atoms with Gasteiger partial charge in [0.2, 0.25) is 0 Å². The van der Waals surface area contributed by atoms with Crippen molar-refractivity contribution in [2.24, 2.45) is 7.05 Å². The fourth-order valence-electron chi connectivity index (χ4n) is 2.72. The molecule has 7 heteroatoms. The molecule has 0 saturated heterocycles. The minimum Gasteiger partial charge on any atom is -0.444 e. The summed E-state index contributed by atoms with van der Waals surface area (Å²) in [7, 11) is 1.84. The average molecular weight is 336 g/mol. The number of nitrogens with zero attached hydrogens (tertiary/aromatic N) is 3. The van der Waals surface area contributed by atoms with Gasteiger partial charge < -0.3 is 15.0 Å². The number of fused-ring (bicyclic) bond motifs is 1. The molecule has 1 N–H and O–H groups in total. The smallest absolute Gasteiger partial charge is 0.410 e. The van der Waals surface area contributed by atoms with Crippen LogP contribution in [0.1, 0.15) is 62.3 Å². The molecule has 0 saturated carbocycles. The molecule has 7 nitrogen and oxygen atoms in total. The van der Waals surface area contributed by atoms with Gasteiger partial charge in [-0.2, -0.15) is 5.10 Å². The molecular formula is C17H28N4O3. The van der Waals surface area contributed by atoms with E-state index in [2.05, 4.69) is 17.3 Å². The van der Waals surface area contributed by atoms with Crippen LogP contribution in [-0.2, 0) is 24.8 Å². The van der Waals surface area contributed by atoms with Crippen LogP contribution in [0.5, 0.6) is 0 Å². The van der Waals surface area contributed by atoms with Crippen LogP contribution in [0.15, 0.2) is 0 Å². The first-order valence-corrected chi connectivity index (χ1v) is 8.53. The Morgan fingerprint density at radius 1 is 1.33 bits per heavy atom. The summed E-state index contributed by atoms with van der Waals surface area (Å²) in [5, 5.41) is 7.26. The van der Waals surface area contributed by atoms with Crippen molar-refractivity contribution in [2.45, 2.75) is 59.1 Å². The van der Waals surface area contributed by atoms with Gasteiger partial charge in [0.25, 0.3) is 5.91 Å². The van der Waals surface area contributed by atoms with Gasteiger partial charge in [-0.25, -0.2) is 4.79 Å². The molecule has 0 atom stereocenters. The third kappa shape index (κ3) is 4.27. The second-order valence-corrected chi connectivity index (χ2v) is 7.16. The third-order valence-electron chi connectivity index (χ3n) is 3.92. The summed E-state index contributed by atoms with van der Waals surface area (Å²) < 4.78 is 7.18. The van der Waals surface area contributed by atoms with Crippen LogP contribution in [-0.4, -0.2) is 45.4 Å². The second-order valence-electron chi connectivity index (χ2n) is 7.16. The van der Waals surface area contributed by atoms with Crippen molar-refractivity contribution in [1.82, 2.24) is 20.0 Å². The lowest BCUT2D eigenvalue weighted by molar-refractivity contribution is 0.0221. The van der Waals surface area contributed by atoms with E-state index >= 15 is 0 Å². The summed E-state index contributed by atoms with van der Waals surface area (Å²) in [4.78, 5) is 26.3. The molecule has 0 unspecified atom stereocenters. The average Bonchev–Trinajstić information content (AvgIpc) is 2.82. The maximum atomic E-state index is 12.4. The van der Waals surface area contributed by atoms with E-state index in [1.54, 1.807) is 9.58 Å². The molecule has 0 bridgehead atoms. The number of amides is 2. The number of unbranched alkanes of at least 4 members (excludes halogenated alkanes) is 1. The summed E-state index contributed by atoms with van der Waals surface area (Å²) in [5.41, 5.74) is 1.71. The number of rotatable bonds is 4. The van der Waals surface area contributed by atoms with Gasteiger partial charge in [0, 0.05) is 37.8 Å². The number of ether oxygens (including phenoxy) is 1. The van der Waals surface area contributed by atoms with Crippen LogP contribution in [0.25, 0.3) is 0 Å². The summed E-state index contributed by atoms with van der Waals surface area (Å²) in [6.45, 7) is 9.17. The summed E-state index contributed by atoms with van der Waals surface area (Å²) in [5.74, 6) is -0.175. The lowest BCUT2D eigenvalue weighted by Gasteiger charge is -2.30. The first kappa shape index (κ1) is 18.3. The maximum absolute atomic E-state index is 12.4. The van der Waals surface area contributed by atoms with Gasteiger partial charge in [0.15, 0.2) is 5.69 Å². The van der Waals surface area contributed by atoms with E-state index in [0.717, 1.165) is 24.1 Å². The highest BCUT2D eigenvalue weighted by molar-refractivity contribution is 5.94. The van der Waals surface area contributed by atoms with Crippen molar-refractivity contribution in [3.63, 3.8) is 0 Å². The Morgan fingerprint density at radius 3 is 2.67 bits per heavy atom. The van der Waals surface area contributed by atoms with Crippen molar-refractivity contribution < 1.29 is 14.3 Å². The number of carbonyl (C=O) groups excluding carboxylic acids is 2. The number of carbonyl (C=O) groups is 2. The van der Waals surface area contributed by atoms with E-state index in [-0.39, 0.29) is 12.0 Å². The monoisotopic (exact) mass is 336 g/mol. The van der Waals surface area contributed by atoms with Gasteiger partial charge in [-0.05, 0) is 27.2 Å². The molecule has 134 valence electrons. The van der Waals surface area contributed by atoms with Gasteiger partial charge >= 0.3 is 6.09 Å². The molecule has 1 aromatic rings. The normalized spacial score (nSPS) is 14.3. The first-order chi connectivity index (χ1) is 11.2. The molecule has 0 aromatic carbocycles. The van der Waals surface area contributed by atoms with Gasteiger partial charge in [-0.3, -0.25) is 9.48 Å². The molecule has 0 fully saturated rings.